The molecule has 0 saturated heterocycles. The highest BCUT2D eigenvalue weighted by Gasteiger charge is 2.34. The van der Waals surface area contributed by atoms with Crippen LogP contribution in [-0.2, 0) is 23.1 Å². The quantitative estimate of drug-likeness (QED) is 0.591. The number of benzene rings is 1. The van der Waals surface area contributed by atoms with Crippen molar-refractivity contribution in [2.45, 2.75) is 58.3 Å². The maximum atomic E-state index is 12.1. The fourth-order valence-electron chi connectivity index (χ4n) is 4.25. The fraction of sp³-hybridized carbons (Fsp3) is 0.500. The molecule has 0 radical (unpaired) electrons. The van der Waals surface area contributed by atoms with E-state index in [4.69, 9.17) is 14.5 Å². The van der Waals surface area contributed by atoms with E-state index >= 15 is 0 Å². The van der Waals surface area contributed by atoms with E-state index in [1.807, 2.05) is 19.2 Å². The smallest absolute Gasteiger partial charge is 0.253 e. The number of rotatable bonds is 7. The first-order chi connectivity index (χ1) is 14.4. The lowest BCUT2D eigenvalue weighted by Crippen LogP contribution is -2.31. The number of nitrogens with zero attached hydrogens (tertiary/aromatic N) is 3. The molecule has 0 aliphatic heterocycles. The second-order valence-electron chi connectivity index (χ2n) is 8.60. The van der Waals surface area contributed by atoms with Crippen molar-refractivity contribution in [2.75, 3.05) is 13.7 Å². The van der Waals surface area contributed by atoms with Gasteiger partial charge in [-0.25, -0.2) is 4.98 Å². The summed E-state index contributed by atoms with van der Waals surface area (Å²) in [5.41, 5.74) is 5.02. The van der Waals surface area contributed by atoms with E-state index in [2.05, 4.69) is 36.6 Å². The molecule has 3 aromatic rings. The lowest BCUT2D eigenvalue weighted by molar-refractivity contribution is 0.0220. The molecule has 1 fully saturated rings. The Labute approximate surface area is 177 Å². The maximum Gasteiger partial charge on any atom is 0.253 e. The second kappa shape index (κ2) is 8.36. The van der Waals surface area contributed by atoms with Crippen LogP contribution in [0.5, 0.6) is 0 Å². The van der Waals surface area contributed by atoms with Gasteiger partial charge in [0.2, 0.25) is 0 Å². The van der Waals surface area contributed by atoms with Gasteiger partial charge in [0.05, 0.1) is 29.8 Å². The van der Waals surface area contributed by atoms with Crippen molar-refractivity contribution >= 4 is 11.0 Å². The van der Waals surface area contributed by atoms with E-state index in [1.54, 1.807) is 18.7 Å². The zero-order valence-electron chi connectivity index (χ0n) is 18.5. The van der Waals surface area contributed by atoms with Gasteiger partial charge in [-0.05, 0) is 62.9 Å². The average molecular weight is 410 g/mol. The Bertz CT molecular complexity index is 1080. The van der Waals surface area contributed by atoms with Crippen LogP contribution >= 0.6 is 0 Å². The predicted molar refractivity (Wildman–Crippen MR) is 119 cm³/mol. The normalized spacial score (nSPS) is 18.9. The Morgan fingerprint density at radius 2 is 1.97 bits per heavy atom. The molecule has 0 atom stereocenters. The van der Waals surface area contributed by atoms with Crippen molar-refractivity contribution in [3.8, 4) is 11.1 Å². The maximum absolute atomic E-state index is 12.1. The molecule has 4 rings (SSSR count). The minimum Gasteiger partial charge on any atom is -0.381 e. The molecule has 0 N–H and O–H groups in total. The summed E-state index contributed by atoms with van der Waals surface area (Å²) in [7, 11) is 3.58. The van der Waals surface area contributed by atoms with Gasteiger partial charge in [-0.15, -0.1) is 0 Å². The summed E-state index contributed by atoms with van der Waals surface area (Å²) >= 11 is 0. The molecule has 1 saturated carbocycles. The molecule has 0 bridgehead atoms. The minimum atomic E-state index is 0.0377. The van der Waals surface area contributed by atoms with Gasteiger partial charge >= 0.3 is 0 Å². The number of hydrogen-bond acceptors (Lipinski definition) is 4. The number of aryl methyl sites for hydroxylation is 2. The Morgan fingerprint density at radius 3 is 2.63 bits per heavy atom. The number of fused-ring (bicyclic) bond motifs is 1. The van der Waals surface area contributed by atoms with Crippen molar-refractivity contribution in [2.24, 2.45) is 7.05 Å². The molecule has 160 valence electrons. The number of imidazole rings is 1. The summed E-state index contributed by atoms with van der Waals surface area (Å²) in [6, 6.07) is 8.32. The summed E-state index contributed by atoms with van der Waals surface area (Å²) < 4.78 is 15.3. The van der Waals surface area contributed by atoms with Crippen LogP contribution in [0.4, 0.5) is 0 Å². The van der Waals surface area contributed by atoms with Crippen LogP contribution in [0.3, 0.4) is 0 Å². The highest BCUT2D eigenvalue weighted by molar-refractivity contribution is 5.82. The third kappa shape index (κ3) is 3.94. The molecule has 0 unspecified atom stereocenters. The van der Waals surface area contributed by atoms with Crippen LogP contribution in [0.25, 0.3) is 22.2 Å². The Morgan fingerprint density at radius 1 is 1.20 bits per heavy atom. The molecule has 30 heavy (non-hydrogen) atoms. The molecule has 1 aliphatic carbocycles. The number of pyridine rings is 1. The first kappa shape index (κ1) is 20.8. The first-order valence-electron chi connectivity index (χ1n) is 10.7. The fourth-order valence-corrected chi connectivity index (χ4v) is 4.25. The van der Waals surface area contributed by atoms with Crippen molar-refractivity contribution in [1.82, 2.24) is 14.1 Å². The SMILES string of the molecule is CO[C@H]1C[C@H](c2nc3ccc(-c4cc(C)c(=O)n(C)c4)cc3n2CCOC(C)C)C1. The molecule has 0 spiro atoms. The van der Waals surface area contributed by atoms with Crippen molar-refractivity contribution in [1.29, 1.82) is 0 Å². The molecule has 2 aromatic heterocycles. The van der Waals surface area contributed by atoms with Gasteiger partial charge in [0.1, 0.15) is 5.82 Å². The minimum absolute atomic E-state index is 0.0377. The van der Waals surface area contributed by atoms with Gasteiger partial charge in [0.25, 0.3) is 5.56 Å². The first-order valence-corrected chi connectivity index (χ1v) is 10.7. The Hall–Kier alpha value is -2.44. The number of methoxy groups -OCH3 is 1. The van der Waals surface area contributed by atoms with Crippen LogP contribution in [0.15, 0.2) is 35.3 Å². The van der Waals surface area contributed by atoms with Crippen LogP contribution in [0, 0.1) is 6.92 Å². The molecule has 0 amide bonds. The molecule has 6 nitrogen and oxygen atoms in total. The van der Waals surface area contributed by atoms with E-state index in [-0.39, 0.29) is 11.7 Å². The summed E-state index contributed by atoms with van der Waals surface area (Å²) in [5.74, 6) is 1.55. The zero-order chi connectivity index (χ0) is 21.4. The lowest BCUT2D eigenvalue weighted by Gasteiger charge is -2.34. The van der Waals surface area contributed by atoms with E-state index in [0.29, 0.717) is 18.6 Å². The summed E-state index contributed by atoms with van der Waals surface area (Å²) in [4.78, 5) is 17.1. The van der Waals surface area contributed by atoms with E-state index < -0.39 is 0 Å². The number of aromatic nitrogens is 3. The average Bonchev–Trinajstić information content (AvgIpc) is 3.02. The molecule has 6 heteroatoms. The highest BCUT2D eigenvalue weighted by atomic mass is 16.5. The van der Waals surface area contributed by atoms with E-state index in [1.165, 1.54) is 0 Å². The van der Waals surface area contributed by atoms with Crippen LogP contribution in [0.1, 0.15) is 44.0 Å². The summed E-state index contributed by atoms with van der Waals surface area (Å²) in [6.45, 7) is 7.40. The van der Waals surface area contributed by atoms with Crippen molar-refractivity contribution < 1.29 is 9.47 Å². The van der Waals surface area contributed by atoms with Crippen LogP contribution in [0.2, 0.25) is 0 Å². The highest BCUT2D eigenvalue weighted by Crippen LogP contribution is 2.39. The monoisotopic (exact) mass is 409 g/mol. The Kier molecular flexibility index (Phi) is 5.80. The third-order valence-electron chi connectivity index (χ3n) is 6.03. The topological polar surface area (TPSA) is 58.3 Å². The predicted octanol–water partition coefficient (Wildman–Crippen LogP) is 4.03. The lowest BCUT2D eigenvalue weighted by atomic mass is 9.81. The van der Waals surface area contributed by atoms with Gasteiger partial charge in [-0.2, -0.15) is 0 Å². The molecular weight excluding hydrogens is 378 g/mol. The standard InChI is InChI=1S/C24H31N3O3/c1-15(2)30-9-8-27-22-13-17(19-10-16(3)24(28)26(4)14-19)6-7-21(22)25-23(27)18-11-20(12-18)29-5/h6-7,10,13-15,18,20H,8-9,11-12H2,1-5H3/t18-,20-. The van der Waals surface area contributed by atoms with Crippen LogP contribution in [-0.4, -0.2) is 40.0 Å². The van der Waals surface area contributed by atoms with Crippen molar-refractivity contribution in [3.63, 3.8) is 0 Å². The van der Waals surface area contributed by atoms with Gasteiger partial charge in [-0.3, -0.25) is 4.79 Å². The zero-order valence-corrected chi connectivity index (χ0v) is 18.5. The van der Waals surface area contributed by atoms with Gasteiger partial charge in [0, 0.05) is 38.4 Å². The van der Waals surface area contributed by atoms with E-state index in [0.717, 1.165) is 52.9 Å². The number of ether oxygens (including phenoxy) is 2. The molecular formula is C24H31N3O3. The molecule has 1 aromatic carbocycles. The van der Waals surface area contributed by atoms with Gasteiger partial charge in [0.15, 0.2) is 0 Å². The van der Waals surface area contributed by atoms with E-state index in [9.17, 15) is 4.79 Å². The van der Waals surface area contributed by atoms with Gasteiger partial charge < -0.3 is 18.6 Å². The third-order valence-corrected chi connectivity index (χ3v) is 6.03. The largest absolute Gasteiger partial charge is 0.381 e. The second-order valence-corrected chi connectivity index (χ2v) is 8.60. The Balaban J connectivity index is 1.75. The summed E-state index contributed by atoms with van der Waals surface area (Å²) in [5, 5.41) is 0. The molecule has 1 aliphatic rings. The number of hydrogen-bond donors (Lipinski definition) is 0. The van der Waals surface area contributed by atoms with Crippen LogP contribution < -0.4 is 5.56 Å². The van der Waals surface area contributed by atoms with Gasteiger partial charge in [-0.1, -0.05) is 6.07 Å². The summed E-state index contributed by atoms with van der Waals surface area (Å²) in [6.07, 6.45) is 4.46. The van der Waals surface area contributed by atoms with Crippen molar-refractivity contribution in [3.05, 3.63) is 52.2 Å². The molecule has 2 heterocycles.